The quantitative estimate of drug-likeness (QED) is 0.776. The summed E-state index contributed by atoms with van der Waals surface area (Å²) in [6, 6.07) is 2.70. The fraction of sp³-hybridized carbons (Fsp3) is 0.455. The summed E-state index contributed by atoms with van der Waals surface area (Å²) >= 11 is 5.69. The van der Waals surface area contributed by atoms with Crippen LogP contribution in [-0.4, -0.2) is 11.7 Å². The summed E-state index contributed by atoms with van der Waals surface area (Å²) in [5.74, 6) is -0.521. The van der Waals surface area contributed by atoms with Crippen molar-refractivity contribution in [3.8, 4) is 5.75 Å². The Balaban J connectivity index is 2.36. The summed E-state index contributed by atoms with van der Waals surface area (Å²) in [7, 11) is 0. The fourth-order valence-corrected chi connectivity index (χ4v) is 2.15. The standard InChI is InChI=1S/C11H13ClFNO/c12-7-4-5-9(15)10(11(7)13)8-3-1-2-6-14-8/h4-5,8,14-15H,1-3,6H2. The molecule has 2 nitrogen and oxygen atoms in total. The second-order valence-corrected chi connectivity index (χ2v) is 4.20. The van der Waals surface area contributed by atoms with Gasteiger partial charge in [0.1, 0.15) is 11.6 Å². The van der Waals surface area contributed by atoms with Gasteiger partial charge in [-0.05, 0) is 31.5 Å². The molecule has 4 heteroatoms. The summed E-state index contributed by atoms with van der Waals surface area (Å²) in [6.45, 7) is 0.857. The molecule has 1 aliphatic rings. The summed E-state index contributed by atoms with van der Waals surface area (Å²) in [5.41, 5.74) is 0.308. The van der Waals surface area contributed by atoms with Crippen LogP contribution in [0, 0.1) is 5.82 Å². The lowest BCUT2D eigenvalue weighted by Gasteiger charge is -2.25. The van der Waals surface area contributed by atoms with Gasteiger partial charge in [0.25, 0.3) is 0 Å². The first-order chi connectivity index (χ1) is 7.20. The smallest absolute Gasteiger partial charge is 0.150 e. The Morgan fingerprint density at radius 1 is 1.40 bits per heavy atom. The molecular formula is C11H13ClFNO. The average Bonchev–Trinajstić information content (AvgIpc) is 2.26. The van der Waals surface area contributed by atoms with E-state index in [0.29, 0.717) is 5.56 Å². The minimum atomic E-state index is -0.504. The number of halogens is 2. The molecule has 1 heterocycles. The molecule has 0 aromatic heterocycles. The van der Waals surface area contributed by atoms with Gasteiger partial charge in [-0.25, -0.2) is 4.39 Å². The summed E-state index contributed by atoms with van der Waals surface area (Å²) in [4.78, 5) is 0. The van der Waals surface area contributed by atoms with Gasteiger partial charge in [0, 0.05) is 11.6 Å². The Morgan fingerprint density at radius 3 is 2.87 bits per heavy atom. The third-order valence-corrected chi connectivity index (χ3v) is 3.06. The minimum absolute atomic E-state index is 0.0173. The van der Waals surface area contributed by atoms with Gasteiger partial charge in [-0.1, -0.05) is 18.0 Å². The van der Waals surface area contributed by atoms with Crippen LogP contribution in [-0.2, 0) is 0 Å². The van der Waals surface area contributed by atoms with E-state index in [9.17, 15) is 9.50 Å². The molecule has 0 radical (unpaired) electrons. The molecular weight excluding hydrogens is 217 g/mol. The zero-order valence-corrected chi connectivity index (χ0v) is 9.02. The largest absolute Gasteiger partial charge is 0.507 e. The lowest BCUT2D eigenvalue weighted by molar-refractivity contribution is 0.377. The Morgan fingerprint density at radius 2 is 2.20 bits per heavy atom. The number of aromatic hydroxyl groups is 1. The highest BCUT2D eigenvalue weighted by Crippen LogP contribution is 2.34. The molecule has 1 saturated heterocycles. The predicted molar refractivity (Wildman–Crippen MR) is 57.7 cm³/mol. The van der Waals surface area contributed by atoms with Crippen molar-refractivity contribution < 1.29 is 9.50 Å². The van der Waals surface area contributed by atoms with Crippen LogP contribution in [0.15, 0.2) is 12.1 Å². The van der Waals surface area contributed by atoms with Crippen molar-refractivity contribution in [2.45, 2.75) is 25.3 Å². The lowest BCUT2D eigenvalue weighted by Crippen LogP contribution is -2.27. The maximum absolute atomic E-state index is 13.7. The van der Waals surface area contributed by atoms with E-state index in [1.54, 1.807) is 0 Å². The molecule has 15 heavy (non-hydrogen) atoms. The monoisotopic (exact) mass is 229 g/mol. The Kier molecular flexibility index (Phi) is 3.12. The van der Waals surface area contributed by atoms with Crippen LogP contribution < -0.4 is 5.32 Å². The molecule has 0 spiro atoms. The Labute approximate surface area is 93.1 Å². The van der Waals surface area contributed by atoms with E-state index in [2.05, 4.69) is 5.32 Å². The van der Waals surface area contributed by atoms with Crippen LogP contribution in [0.4, 0.5) is 4.39 Å². The van der Waals surface area contributed by atoms with Crippen molar-refractivity contribution in [1.82, 2.24) is 5.32 Å². The first kappa shape index (κ1) is 10.7. The molecule has 2 rings (SSSR count). The summed E-state index contributed by atoms with van der Waals surface area (Å²) in [5, 5.41) is 12.9. The van der Waals surface area contributed by atoms with Gasteiger partial charge in [-0.2, -0.15) is 0 Å². The molecule has 0 amide bonds. The summed E-state index contributed by atoms with van der Waals surface area (Å²) < 4.78 is 13.7. The number of benzene rings is 1. The molecule has 1 unspecified atom stereocenters. The second-order valence-electron chi connectivity index (χ2n) is 3.80. The maximum atomic E-state index is 13.7. The fourth-order valence-electron chi connectivity index (χ4n) is 1.99. The van der Waals surface area contributed by atoms with Gasteiger partial charge in [-0.3, -0.25) is 0 Å². The number of hydrogen-bond donors (Lipinski definition) is 2. The van der Waals surface area contributed by atoms with Gasteiger partial charge in [0.15, 0.2) is 0 Å². The van der Waals surface area contributed by atoms with Crippen LogP contribution in [0.3, 0.4) is 0 Å². The second kappa shape index (κ2) is 4.37. The number of piperidine rings is 1. The van der Waals surface area contributed by atoms with E-state index in [4.69, 9.17) is 11.6 Å². The third kappa shape index (κ3) is 2.08. The van der Waals surface area contributed by atoms with E-state index in [1.165, 1.54) is 12.1 Å². The zero-order chi connectivity index (χ0) is 10.8. The highest BCUT2D eigenvalue weighted by Gasteiger charge is 2.23. The molecule has 1 aromatic carbocycles. The molecule has 1 atom stereocenters. The lowest BCUT2D eigenvalue weighted by atomic mass is 9.96. The topological polar surface area (TPSA) is 32.3 Å². The van der Waals surface area contributed by atoms with Gasteiger partial charge < -0.3 is 10.4 Å². The Hall–Kier alpha value is -0.800. The third-order valence-electron chi connectivity index (χ3n) is 2.77. The normalized spacial score (nSPS) is 21.6. The molecule has 0 bridgehead atoms. The number of rotatable bonds is 1. The van der Waals surface area contributed by atoms with E-state index in [-0.39, 0.29) is 16.8 Å². The van der Waals surface area contributed by atoms with Crippen LogP contribution in [0.2, 0.25) is 5.02 Å². The predicted octanol–water partition coefficient (Wildman–Crippen LogP) is 3.00. The molecule has 2 N–H and O–H groups in total. The van der Waals surface area contributed by atoms with Crippen LogP contribution in [0.25, 0.3) is 0 Å². The number of phenolic OH excluding ortho intramolecular Hbond substituents is 1. The maximum Gasteiger partial charge on any atom is 0.150 e. The first-order valence-corrected chi connectivity index (χ1v) is 5.48. The Bertz CT molecular complexity index is 364. The molecule has 0 aliphatic carbocycles. The first-order valence-electron chi connectivity index (χ1n) is 5.10. The molecule has 82 valence electrons. The van der Waals surface area contributed by atoms with Crippen LogP contribution in [0.1, 0.15) is 30.9 Å². The van der Waals surface area contributed by atoms with Crippen molar-refractivity contribution in [2.75, 3.05) is 6.54 Å². The molecule has 1 aromatic rings. The number of nitrogens with one attached hydrogen (secondary N) is 1. The molecule has 0 saturated carbocycles. The highest BCUT2D eigenvalue weighted by molar-refractivity contribution is 6.30. The van der Waals surface area contributed by atoms with E-state index >= 15 is 0 Å². The van der Waals surface area contributed by atoms with E-state index < -0.39 is 5.82 Å². The van der Waals surface area contributed by atoms with Crippen molar-refractivity contribution in [2.24, 2.45) is 0 Å². The average molecular weight is 230 g/mol. The minimum Gasteiger partial charge on any atom is -0.507 e. The molecule has 1 aliphatic heterocycles. The van der Waals surface area contributed by atoms with Crippen molar-refractivity contribution in [3.63, 3.8) is 0 Å². The zero-order valence-electron chi connectivity index (χ0n) is 8.26. The highest BCUT2D eigenvalue weighted by atomic mass is 35.5. The van der Waals surface area contributed by atoms with Gasteiger partial charge >= 0.3 is 0 Å². The van der Waals surface area contributed by atoms with Crippen LogP contribution >= 0.6 is 11.6 Å². The van der Waals surface area contributed by atoms with Gasteiger partial charge in [0.05, 0.1) is 5.02 Å². The van der Waals surface area contributed by atoms with Crippen LogP contribution in [0.5, 0.6) is 5.75 Å². The molecule has 1 fully saturated rings. The van der Waals surface area contributed by atoms with Gasteiger partial charge in [-0.15, -0.1) is 0 Å². The van der Waals surface area contributed by atoms with Crippen molar-refractivity contribution in [1.29, 1.82) is 0 Å². The SMILES string of the molecule is Oc1ccc(Cl)c(F)c1C1CCCCN1. The van der Waals surface area contributed by atoms with Crippen molar-refractivity contribution >= 4 is 11.6 Å². The number of hydrogen-bond acceptors (Lipinski definition) is 2. The van der Waals surface area contributed by atoms with E-state index in [0.717, 1.165) is 25.8 Å². The van der Waals surface area contributed by atoms with Gasteiger partial charge in [0.2, 0.25) is 0 Å². The summed E-state index contributed by atoms with van der Waals surface area (Å²) in [6.07, 6.45) is 2.98. The number of phenols is 1. The van der Waals surface area contributed by atoms with E-state index in [1.807, 2.05) is 0 Å². The van der Waals surface area contributed by atoms with Crippen molar-refractivity contribution in [3.05, 3.63) is 28.5 Å².